The lowest BCUT2D eigenvalue weighted by Gasteiger charge is -2.48. The maximum absolute atomic E-state index is 13.2. The molecule has 5 unspecified atom stereocenters. The first-order valence-corrected chi connectivity index (χ1v) is 12.8. The topological polar surface area (TPSA) is 154 Å². The van der Waals surface area contributed by atoms with Gasteiger partial charge in [0, 0.05) is 23.1 Å². The van der Waals surface area contributed by atoms with Crippen LogP contribution in [0.1, 0.15) is 47.5 Å². The molecule has 0 aromatic heterocycles. The normalized spacial score (nSPS) is 27.2. The molecule has 0 radical (unpaired) electrons. The van der Waals surface area contributed by atoms with Crippen molar-refractivity contribution in [3.63, 3.8) is 0 Å². The first-order chi connectivity index (χ1) is 17.8. The summed E-state index contributed by atoms with van der Waals surface area (Å²) in [6.45, 7) is 8.54. The number of alkyl carbamates (subject to hydrolysis) is 1. The lowest BCUT2D eigenvalue weighted by Crippen LogP contribution is -2.69. The highest BCUT2D eigenvalue weighted by molar-refractivity contribution is 5.95. The number of anilines is 1. The minimum atomic E-state index is -1.95. The molecular formula is C28H35N3O7. The van der Waals surface area contributed by atoms with Gasteiger partial charge in [0.2, 0.25) is 0 Å². The van der Waals surface area contributed by atoms with Gasteiger partial charge in [0.1, 0.15) is 5.60 Å². The second-order valence-corrected chi connectivity index (χ2v) is 11.2. The highest BCUT2D eigenvalue weighted by Crippen LogP contribution is 2.71. The largest absolute Gasteiger partial charge is 0.481 e. The Hall–Kier alpha value is -3.82. The van der Waals surface area contributed by atoms with E-state index < -0.39 is 64.4 Å². The number of urea groups is 1. The summed E-state index contributed by atoms with van der Waals surface area (Å²) < 4.78 is 5.39. The zero-order chi connectivity index (χ0) is 28.0. The highest BCUT2D eigenvalue weighted by Gasteiger charge is 2.84. The third kappa shape index (κ3) is 4.31. The van der Waals surface area contributed by atoms with Crippen LogP contribution in [0.3, 0.4) is 0 Å². The van der Waals surface area contributed by atoms with Gasteiger partial charge < -0.3 is 30.9 Å². The summed E-state index contributed by atoms with van der Waals surface area (Å²) in [5, 5.41) is 30.8. The molecule has 38 heavy (non-hydrogen) atoms. The van der Waals surface area contributed by atoms with Gasteiger partial charge in [-0.25, -0.2) is 14.4 Å². The molecule has 10 heteroatoms. The molecule has 5 N–H and O–H groups in total. The molecule has 2 aliphatic rings. The SMILES string of the molecule is CCC1(CC)C(NC(=O)Nc2ccc3ccccc3c2)C2C(C(=O)O)C2C1(NC(=O)OC(C)(C)C)C(=O)O. The molecule has 10 nitrogen and oxygen atoms in total. The van der Waals surface area contributed by atoms with Crippen LogP contribution in [0.15, 0.2) is 42.5 Å². The quantitative estimate of drug-likeness (QED) is 0.358. The van der Waals surface area contributed by atoms with E-state index in [0.717, 1.165) is 10.8 Å². The number of hydrogen-bond donors (Lipinski definition) is 5. The minimum Gasteiger partial charge on any atom is -0.481 e. The van der Waals surface area contributed by atoms with Crippen LogP contribution in [0.5, 0.6) is 0 Å². The fraction of sp³-hybridized carbons (Fsp3) is 0.500. The van der Waals surface area contributed by atoms with Crippen molar-refractivity contribution in [1.82, 2.24) is 10.6 Å². The van der Waals surface area contributed by atoms with E-state index in [0.29, 0.717) is 5.69 Å². The second kappa shape index (κ2) is 9.49. The number of benzene rings is 2. The van der Waals surface area contributed by atoms with Gasteiger partial charge in [0.05, 0.1) is 5.92 Å². The Morgan fingerprint density at radius 2 is 1.61 bits per heavy atom. The van der Waals surface area contributed by atoms with Gasteiger partial charge in [0.15, 0.2) is 5.54 Å². The molecule has 2 aromatic rings. The smallest absolute Gasteiger partial charge is 0.408 e. The monoisotopic (exact) mass is 525 g/mol. The predicted molar refractivity (Wildman–Crippen MR) is 141 cm³/mol. The van der Waals surface area contributed by atoms with Gasteiger partial charge in [0.25, 0.3) is 0 Å². The number of rotatable bonds is 7. The first kappa shape index (κ1) is 27.2. The van der Waals surface area contributed by atoms with E-state index in [-0.39, 0.29) is 12.8 Å². The number of amides is 3. The zero-order valence-corrected chi connectivity index (χ0v) is 22.2. The fourth-order valence-corrected chi connectivity index (χ4v) is 6.71. The molecule has 0 spiro atoms. The number of ether oxygens (including phenoxy) is 1. The standard InChI is InChI=1S/C28H35N3O7/c1-6-27(7-2)21(30-24(36)29-17-13-12-15-10-8-9-11-16(15)14-17)18-19(22(32)33)20(18)28(27,23(34)35)31-25(37)38-26(3,4)5/h8-14,18-21H,6-7H2,1-5H3,(H,31,37)(H,32,33)(H,34,35)(H2,29,30,36). The molecule has 3 amide bonds. The Bertz CT molecular complexity index is 1280. The van der Waals surface area contributed by atoms with E-state index in [1.54, 1.807) is 40.7 Å². The summed E-state index contributed by atoms with van der Waals surface area (Å²) in [7, 11) is 0. The summed E-state index contributed by atoms with van der Waals surface area (Å²) in [6.07, 6.45) is -0.403. The van der Waals surface area contributed by atoms with Crippen molar-refractivity contribution < 1.29 is 34.1 Å². The van der Waals surface area contributed by atoms with Crippen molar-refractivity contribution in [2.24, 2.45) is 23.2 Å². The van der Waals surface area contributed by atoms with Crippen molar-refractivity contribution in [1.29, 1.82) is 0 Å². The van der Waals surface area contributed by atoms with Crippen LogP contribution in [-0.4, -0.2) is 51.5 Å². The van der Waals surface area contributed by atoms with Crippen LogP contribution < -0.4 is 16.0 Å². The Kier molecular flexibility index (Phi) is 6.80. The van der Waals surface area contributed by atoms with Crippen molar-refractivity contribution in [2.45, 2.75) is 64.6 Å². The molecule has 5 atom stereocenters. The first-order valence-electron chi connectivity index (χ1n) is 12.8. The molecular weight excluding hydrogens is 490 g/mol. The highest BCUT2D eigenvalue weighted by atomic mass is 16.6. The van der Waals surface area contributed by atoms with E-state index in [1.165, 1.54) is 0 Å². The van der Waals surface area contributed by atoms with Crippen LogP contribution in [0.2, 0.25) is 0 Å². The van der Waals surface area contributed by atoms with Crippen molar-refractivity contribution in [3.8, 4) is 0 Å². The number of carboxylic acid groups (broad SMARTS) is 2. The molecule has 204 valence electrons. The van der Waals surface area contributed by atoms with Gasteiger partial charge in [-0.15, -0.1) is 0 Å². The number of carbonyl (C=O) groups is 4. The molecule has 0 heterocycles. The lowest BCUT2D eigenvalue weighted by molar-refractivity contribution is -0.155. The Labute approximate surface area is 221 Å². The lowest BCUT2D eigenvalue weighted by atomic mass is 9.62. The molecule has 2 aromatic carbocycles. The summed E-state index contributed by atoms with van der Waals surface area (Å²) in [6, 6.07) is 11.7. The number of carboxylic acids is 2. The summed E-state index contributed by atoms with van der Waals surface area (Å²) in [4.78, 5) is 51.3. The maximum Gasteiger partial charge on any atom is 0.408 e. The molecule has 2 aliphatic carbocycles. The Morgan fingerprint density at radius 1 is 0.974 bits per heavy atom. The maximum atomic E-state index is 13.2. The number of carbonyl (C=O) groups excluding carboxylic acids is 2. The minimum absolute atomic E-state index is 0.270. The van der Waals surface area contributed by atoms with Crippen molar-refractivity contribution in [2.75, 3.05) is 5.32 Å². The predicted octanol–water partition coefficient (Wildman–Crippen LogP) is 4.44. The third-order valence-corrected chi connectivity index (χ3v) is 8.22. The second-order valence-electron chi connectivity index (χ2n) is 11.2. The number of fused-ring (bicyclic) bond motifs is 2. The number of nitrogens with one attached hydrogen (secondary N) is 3. The van der Waals surface area contributed by atoms with E-state index in [9.17, 15) is 29.4 Å². The van der Waals surface area contributed by atoms with Gasteiger partial charge in [-0.2, -0.15) is 0 Å². The molecule has 0 bridgehead atoms. The van der Waals surface area contributed by atoms with E-state index in [1.807, 2.05) is 36.4 Å². The van der Waals surface area contributed by atoms with Crippen LogP contribution >= 0.6 is 0 Å². The Balaban J connectivity index is 1.69. The molecule has 0 saturated heterocycles. The van der Waals surface area contributed by atoms with Crippen LogP contribution in [-0.2, 0) is 14.3 Å². The molecule has 2 fully saturated rings. The summed E-state index contributed by atoms with van der Waals surface area (Å²) >= 11 is 0. The van der Waals surface area contributed by atoms with E-state index in [4.69, 9.17) is 4.74 Å². The van der Waals surface area contributed by atoms with Crippen LogP contribution in [0.25, 0.3) is 10.8 Å². The van der Waals surface area contributed by atoms with Crippen LogP contribution in [0.4, 0.5) is 15.3 Å². The average Bonchev–Trinajstić information content (AvgIpc) is 3.53. The van der Waals surface area contributed by atoms with Gasteiger partial charge in [-0.05, 0) is 62.4 Å². The third-order valence-electron chi connectivity index (χ3n) is 8.22. The molecule has 0 aliphatic heterocycles. The van der Waals surface area contributed by atoms with E-state index >= 15 is 0 Å². The Morgan fingerprint density at radius 3 is 2.16 bits per heavy atom. The molecule has 4 rings (SSSR count). The van der Waals surface area contributed by atoms with Crippen molar-refractivity contribution in [3.05, 3.63) is 42.5 Å². The van der Waals surface area contributed by atoms with Gasteiger partial charge in [-0.1, -0.05) is 44.2 Å². The number of hydrogen-bond acceptors (Lipinski definition) is 5. The van der Waals surface area contributed by atoms with E-state index in [2.05, 4.69) is 16.0 Å². The zero-order valence-electron chi connectivity index (χ0n) is 22.2. The summed E-state index contributed by atoms with van der Waals surface area (Å²) in [5.74, 6) is -5.15. The molecule has 2 saturated carbocycles. The van der Waals surface area contributed by atoms with Crippen LogP contribution in [0, 0.1) is 23.2 Å². The van der Waals surface area contributed by atoms with Crippen molar-refractivity contribution >= 4 is 40.5 Å². The number of aliphatic carboxylic acids is 2. The van der Waals surface area contributed by atoms with Gasteiger partial charge >= 0.3 is 24.1 Å². The summed E-state index contributed by atoms with van der Waals surface area (Å²) in [5.41, 5.74) is -3.47. The average molecular weight is 526 g/mol. The van der Waals surface area contributed by atoms with Gasteiger partial charge in [-0.3, -0.25) is 4.79 Å². The fourth-order valence-electron chi connectivity index (χ4n) is 6.71.